The number of amides is 1. The molecule has 1 aromatic rings. The van der Waals surface area contributed by atoms with Gasteiger partial charge in [0, 0.05) is 31.4 Å². The zero-order valence-electron chi connectivity index (χ0n) is 14.7. The molecule has 0 aromatic heterocycles. The Kier molecular flexibility index (Phi) is 4.44. The number of rotatable bonds is 2. The first-order valence-corrected chi connectivity index (χ1v) is 9.57. The van der Waals surface area contributed by atoms with Gasteiger partial charge in [0.25, 0.3) is 0 Å². The minimum absolute atomic E-state index is 0.188. The quantitative estimate of drug-likeness (QED) is 0.895. The highest BCUT2D eigenvalue weighted by molar-refractivity contribution is 5.86. The molecule has 2 saturated heterocycles. The topological polar surface area (TPSA) is 43.8 Å². The fraction of sp³-hybridized carbons (Fsp3) is 0.650. The molecule has 1 spiro atoms. The van der Waals surface area contributed by atoms with Crippen LogP contribution in [-0.2, 0) is 4.79 Å². The van der Waals surface area contributed by atoms with E-state index in [1.165, 1.54) is 12.1 Å². The number of aliphatic hydroxyl groups is 1. The molecule has 1 atom stereocenters. The third kappa shape index (κ3) is 3.14. The summed E-state index contributed by atoms with van der Waals surface area (Å²) in [5, 5.41) is 9.72. The first kappa shape index (κ1) is 16.8. The number of carbonyl (C=O) groups is 1. The number of aliphatic hydroxyl groups excluding tert-OH is 1. The Balaban J connectivity index is 1.48. The zero-order valence-corrected chi connectivity index (χ0v) is 14.7. The second-order valence-corrected chi connectivity index (χ2v) is 7.99. The summed E-state index contributed by atoms with van der Waals surface area (Å²) >= 11 is 0. The van der Waals surface area contributed by atoms with E-state index in [0.717, 1.165) is 70.3 Å². The predicted octanol–water partition coefficient (Wildman–Crippen LogP) is 2.95. The van der Waals surface area contributed by atoms with Crippen LogP contribution in [0.1, 0.15) is 44.9 Å². The van der Waals surface area contributed by atoms with Gasteiger partial charge in [-0.05, 0) is 69.2 Å². The molecule has 0 bridgehead atoms. The highest BCUT2D eigenvalue weighted by Crippen LogP contribution is 2.43. The van der Waals surface area contributed by atoms with Crippen molar-refractivity contribution in [2.45, 2.75) is 57.1 Å². The van der Waals surface area contributed by atoms with E-state index < -0.39 is 0 Å². The van der Waals surface area contributed by atoms with Crippen LogP contribution in [0.15, 0.2) is 24.3 Å². The molecule has 0 radical (unpaired) electrons. The van der Waals surface area contributed by atoms with Crippen LogP contribution < -0.4 is 4.90 Å². The molecular formula is C20H27FN2O2. The van der Waals surface area contributed by atoms with Crippen molar-refractivity contribution in [1.29, 1.82) is 0 Å². The Morgan fingerprint density at radius 3 is 2.48 bits per heavy atom. The summed E-state index contributed by atoms with van der Waals surface area (Å²) in [7, 11) is 0. The van der Waals surface area contributed by atoms with Crippen molar-refractivity contribution in [3.05, 3.63) is 30.1 Å². The Morgan fingerprint density at radius 2 is 1.76 bits per heavy atom. The summed E-state index contributed by atoms with van der Waals surface area (Å²) in [5.74, 6) is 0.0822. The van der Waals surface area contributed by atoms with Crippen molar-refractivity contribution in [3.63, 3.8) is 0 Å². The summed E-state index contributed by atoms with van der Waals surface area (Å²) in [5.41, 5.74) is 0.732. The van der Waals surface area contributed by atoms with Gasteiger partial charge in [0.2, 0.25) is 5.91 Å². The molecule has 1 aromatic carbocycles. The van der Waals surface area contributed by atoms with E-state index in [4.69, 9.17) is 0 Å². The van der Waals surface area contributed by atoms with E-state index in [0.29, 0.717) is 11.9 Å². The Morgan fingerprint density at radius 1 is 1.04 bits per heavy atom. The lowest BCUT2D eigenvalue weighted by Gasteiger charge is -2.41. The van der Waals surface area contributed by atoms with Crippen LogP contribution in [-0.4, -0.2) is 47.7 Å². The Hall–Kier alpha value is -1.62. The summed E-state index contributed by atoms with van der Waals surface area (Å²) in [6.45, 7) is 2.51. The van der Waals surface area contributed by atoms with Crippen molar-refractivity contribution in [2.75, 3.05) is 24.5 Å². The highest BCUT2D eigenvalue weighted by Gasteiger charge is 2.50. The Bertz CT molecular complexity index is 627. The minimum Gasteiger partial charge on any atom is -0.393 e. The molecule has 4 rings (SSSR count). The van der Waals surface area contributed by atoms with Crippen LogP contribution in [0.2, 0.25) is 0 Å². The first-order valence-electron chi connectivity index (χ1n) is 9.57. The average molecular weight is 346 g/mol. The number of hydrogen-bond donors (Lipinski definition) is 1. The molecule has 1 saturated carbocycles. The zero-order chi connectivity index (χ0) is 17.4. The van der Waals surface area contributed by atoms with E-state index in [1.807, 2.05) is 12.1 Å². The van der Waals surface area contributed by atoms with Crippen molar-refractivity contribution in [3.8, 4) is 0 Å². The summed E-state index contributed by atoms with van der Waals surface area (Å²) < 4.78 is 13.2. The van der Waals surface area contributed by atoms with E-state index >= 15 is 0 Å². The predicted molar refractivity (Wildman–Crippen MR) is 94.9 cm³/mol. The molecule has 5 heteroatoms. The van der Waals surface area contributed by atoms with Crippen LogP contribution in [0.4, 0.5) is 10.1 Å². The fourth-order valence-electron chi connectivity index (χ4n) is 4.95. The van der Waals surface area contributed by atoms with Crippen LogP contribution >= 0.6 is 0 Å². The van der Waals surface area contributed by atoms with Crippen LogP contribution in [0.5, 0.6) is 0 Å². The van der Waals surface area contributed by atoms with Gasteiger partial charge in [-0.25, -0.2) is 4.39 Å². The van der Waals surface area contributed by atoms with E-state index in [1.54, 1.807) is 0 Å². The summed E-state index contributed by atoms with van der Waals surface area (Å²) in [6, 6.07) is 6.91. The maximum Gasteiger partial charge on any atom is 0.230 e. The molecule has 3 fully saturated rings. The lowest BCUT2D eigenvalue weighted by molar-refractivity contribution is -0.139. The minimum atomic E-state index is -0.275. The molecule has 1 amide bonds. The van der Waals surface area contributed by atoms with E-state index in [-0.39, 0.29) is 17.3 Å². The molecule has 136 valence electrons. The molecule has 0 unspecified atom stereocenters. The van der Waals surface area contributed by atoms with Gasteiger partial charge in [0.15, 0.2) is 0 Å². The van der Waals surface area contributed by atoms with Gasteiger partial charge in [-0.2, -0.15) is 0 Å². The number of anilines is 1. The van der Waals surface area contributed by atoms with Crippen LogP contribution in [0.3, 0.4) is 0 Å². The van der Waals surface area contributed by atoms with Crippen molar-refractivity contribution < 1.29 is 14.3 Å². The van der Waals surface area contributed by atoms with E-state index in [9.17, 15) is 14.3 Å². The lowest BCUT2D eigenvalue weighted by atomic mass is 9.78. The number of likely N-dealkylation sites (tertiary alicyclic amines) is 1. The van der Waals surface area contributed by atoms with Gasteiger partial charge in [-0.3, -0.25) is 4.79 Å². The van der Waals surface area contributed by atoms with Crippen molar-refractivity contribution in [2.24, 2.45) is 5.41 Å². The molecule has 4 nitrogen and oxygen atoms in total. The number of hydrogen-bond acceptors (Lipinski definition) is 3. The number of nitrogens with zero attached hydrogens (tertiary/aromatic N) is 2. The molecule has 2 aliphatic heterocycles. The third-order valence-electron chi connectivity index (χ3n) is 6.42. The van der Waals surface area contributed by atoms with Gasteiger partial charge in [0.05, 0.1) is 11.5 Å². The van der Waals surface area contributed by atoms with E-state index in [2.05, 4.69) is 9.80 Å². The molecule has 25 heavy (non-hydrogen) atoms. The maximum atomic E-state index is 13.3. The number of carbonyl (C=O) groups excluding carboxylic acids is 1. The van der Waals surface area contributed by atoms with Crippen LogP contribution in [0, 0.1) is 11.2 Å². The monoisotopic (exact) mass is 346 g/mol. The summed E-state index contributed by atoms with van der Waals surface area (Å²) in [6.07, 6.45) is 6.14. The lowest BCUT2D eigenvalue weighted by Crippen LogP contribution is -2.50. The van der Waals surface area contributed by atoms with Gasteiger partial charge < -0.3 is 14.9 Å². The molecular weight excluding hydrogens is 319 g/mol. The molecule has 2 heterocycles. The first-order chi connectivity index (χ1) is 12.1. The Labute approximate surface area is 148 Å². The SMILES string of the molecule is O=C1N([C@H]2CC[C@@H](O)CC2)CC[C@@]12CCCN(c1ccc(F)cc1)C2. The van der Waals surface area contributed by atoms with Crippen molar-refractivity contribution in [1.82, 2.24) is 4.90 Å². The third-order valence-corrected chi connectivity index (χ3v) is 6.42. The molecule has 1 N–H and O–H groups in total. The van der Waals surface area contributed by atoms with Crippen molar-refractivity contribution >= 4 is 11.6 Å². The number of benzene rings is 1. The second kappa shape index (κ2) is 6.60. The van der Waals surface area contributed by atoms with Crippen LogP contribution in [0.25, 0.3) is 0 Å². The number of halogens is 1. The second-order valence-electron chi connectivity index (χ2n) is 7.99. The average Bonchev–Trinajstić information content (AvgIpc) is 2.93. The van der Waals surface area contributed by atoms with Gasteiger partial charge in [0.1, 0.15) is 5.82 Å². The molecule has 3 aliphatic rings. The maximum absolute atomic E-state index is 13.3. The normalized spacial score (nSPS) is 33.3. The van der Waals surface area contributed by atoms with Gasteiger partial charge >= 0.3 is 0 Å². The smallest absolute Gasteiger partial charge is 0.230 e. The van der Waals surface area contributed by atoms with Gasteiger partial charge in [-0.1, -0.05) is 0 Å². The molecule has 1 aliphatic carbocycles. The fourth-order valence-corrected chi connectivity index (χ4v) is 4.95. The number of piperidine rings is 1. The highest BCUT2D eigenvalue weighted by atomic mass is 19.1. The largest absolute Gasteiger partial charge is 0.393 e. The standard InChI is InChI=1S/C20H27FN2O2/c21-15-2-4-16(5-3-15)22-12-1-10-20(14-22)11-13-23(19(20)25)17-6-8-18(24)9-7-17/h2-5,17-18,24H,1,6-14H2/t17-,18+,20-/m1/s1. The summed E-state index contributed by atoms with van der Waals surface area (Å²) in [4.78, 5) is 17.6. The van der Waals surface area contributed by atoms with Gasteiger partial charge in [-0.15, -0.1) is 0 Å².